The smallest absolute Gasteiger partial charge is 0.162 e. The van der Waals surface area contributed by atoms with E-state index in [4.69, 9.17) is 0 Å². The first-order valence-corrected chi connectivity index (χ1v) is 27.1. The lowest BCUT2D eigenvalue weighted by Crippen LogP contribution is -2.44. The Balaban J connectivity index is 0.000000211. The van der Waals surface area contributed by atoms with Gasteiger partial charge in [0.2, 0.25) is 0 Å². The fourth-order valence-corrected chi connectivity index (χ4v) is 11.2. The minimum absolute atomic E-state index is 0.104. The van der Waals surface area contributed by atoms with Gasteiger partial charge in [-0.05, 0) is 159 Å². The van der Waals surface area contributed by atoms with E-state index in [1.807, 2.05) is 109 Å². The van der Waals surface area contributed by atoms with Crippen LogP contribution < -0.4 is 0 Å². The van der Waals surface area contributed by atoms with Crippen LogP contribution in [-0.4, -0.2) is 70.2 Å². The van der Waals surface area contributed by atoms with Gasteiger partial charge in [-0.15, -0.1) is 0 Å². The summed E-state index contributed by atoms with van der Waals surface area (Å²) in [7, 11) is 0. The van der Waals surface area contributed by atoms with Crippen molar-refractivity contribution in [1.29, 1.82) is 0 Å². The molecule has 382 valence electrons. The highest BCUT2D eigenvalue weighted by Crippen LogP contribution is 2.43. The summed E-state index contributed by atoms with van der Waals surface area (Å²) in [5.74, 6) is 0.609. The lowest BCUT2D eigenvalue weighted by atomic mass is 9.72. The molecule has 0 bridgehead atoms. The van der Waals surface area contributed by atoms with Crippen LogP contribution in [-0.2, 0) is 22.0 Å². The van der Waals surface area contributed by atoms with Gasteiger partial charge in [0.05, 0.1) is 6.10 Å². The zero-order chi connectivity index (χ0) is 51.2. The summed E-state index contributed by atoms with van der Waals surface area (Å²) < 4.78 is 0. The highest BCUT2D eigenvalue weighted by atomic mass is 16.3. The van der Waals surface area contributed by atoms with Gasteiger partial charge in [0.1, 0.15) is 11.2 Å². The third kappa shape index (κ3) is 14.1. The van der Waals surface area contributed by atoms with Crippen LogP contribution in [0.3, 0.4) is 0 Å². The highest BCUT2D eigenvalue weighted by molar-refractivity contribution is 5.96. The van der Waals surface area contributed by atoms with Crippen molar-refractivity contribution in [2.24, 2.45) is 11.8 Å². The maximum atomic E-state index is 12.6. The largest absolute Gasteiger partial charge is 0.388 e. The Hall–Kier alpha value is -5.21. The molecule has 72 heavy (non-hydrogen) atoms. The van der Waals surface area contributed by atoms with Gasteiger partial charge in [-0.25, -0.2) is 0 Å². The average molecular weight is 969 g/mol. The number of Topliss-reactive ketones (excluding diaryl/α,β-unsaturated/α-hetero) is 1. The number of hydrogen-bond acceptors (Lipinski definition) is 6. The van der Waals surface area contributed by atoms with E-state index in [0.717, 1.165) is 130 Å². The van der Waals surface area contributed by atoms with Crippen LogP contribution in [0.5, 0.6) is 0 Å². The van der Waals surface area contributed by atoms with E-state index in [2.05, 4.69) is 112 Å². The lowest BCUT2D eigenvalue weighted by molar-refractivity contribution is -0.0145. The molecule has 1 atom stereocenters. The Morgan fingerprint density at radius 2 is 0.792 bits per heavy atom. The van der Waals surface area contributed by atoms with E-state index < -0.39 is 17.3 Å². The van der Waals surface area contributed by atoms with Crippen molar-refractivity contribution in [3.63, 3.8) is 0 Å². The number of nitrogens with zero attached hydrogens (tertiary/aromatic N) is 2. The van der Waals surface area contributed by atoms with Gasteiger partial charge in [-0.2, -0.15) is 0 Å². The molecule has 2 aliphatic rings. The number of aliphatic hydroxyl groups excluding tert-OH is 1. The first-order valence-electron chi connectivity index (χ1n) is 27.1. The van der Waals surface area contributed by atoms with Crippen molar-refractivity contribution >= 4 is 5.78 Å². The molecule has 0 amide bonds. The van der Waals surface area contributed by atoms with Crippen LogP contribution >= 0.6 is 0 Å². The number of piperidine rings is 2. The molecule has 0 saturated carbocycles. The summed E-state index contributed by atoms with van der Waals surface area (Å²) in [5.41, 5.74) is 6.63. The molecule has 6 nitrogen and oxygen atoms in total. The quantitative estimate of drug-likeness (QED) is 0.0588. The zero-order valence-corrected chi connectivity index (χ0v) is 44.4. The third-order valence-electron chi connectivity index (χ3n) is 15.8. The molecule has 3 N–H and O–H groups in total. The SMILES string of the molecule is CC(C)(C)c1ccc(C(=O)CCCCN2CCC(C(O)(c3ccccc3)c3ccccc3)CC2)cc1.CC(C)(C)c1ccc(C(O)CCCCN2CCC(C(O)(c3ccccc3)c3ccccc3)CC2)cc1. The molecule has 6 aromatic rings. The number of likely N-dealkylation sites (tertiary alicyclic amines) is 2. The molecule has 0 aromatic heterocycles. The van der Waals surface area contributed by atoms with Crippen molar-refractivity contribution in [3.05, 3.63) is 214 Å². The van der Waals surface area contributed by atoms with Gasteiger partial charge in [0, 0.05) is 12.0 Å². The van der Waals surface area contributed by atoms with Crippen LogP contribution in [0.2, 0.25) is 0 Å². The Kier molecular flexibility index (Phi) is 19.1. The van der Waals surface area contributed by atoms with E-state index in [-0.39, 0.29) is 28.4 Å². The second kappa shape index (κ2) is 25.1. The first-order chi connectivity index (χ1) is 34.6. The van der Waals surface area contributed by atoms with Crippen LogP contribution in [0.4, 0.5) is 0 Å². The van der Waals surface area contributed by atoms with Crippen molar-refractivity contribution in [2.45, 2.75) is 134 Å². The van der Waals surface area contributed by atoms with Gasteiger partial charge in [-0.1, -0.05) is 211 Å². The number of rotatable bonds is 18. The number of ketones is 1. The minimum atomic E-state index is -0.969. The molecule has 2 saturated heterocycles. The van der Waals surface area contributed by atoms with Crippen molar-refractivity contribution in [2.75, 3.05) is 39.3 Å². The van der Waals surface area contributed by atoms with Crippen molar-refractivity contribution in [1.82, 2.24) is 9.80 Å². The molecular formula is C66H84N2O4. The summed E-state index contributed by atoms with van der Waals surface area (Å²) >= 11 is 0. The van der Waals surface area contributed by atoms with Crippen LogP contribution in [0.25, 0.3) is 0 Å². The molecule has 8 rings (SSSR count). The molecule has 6 heteroatoms. The van der Waals surface area contributed by atoms with E-state index in [1.54, 1.807) is 0 Å². The summed E-state index contributed by atoms with van der Waals surface area (Å²) in [5, 5.41) is 34.8. The predicted octanol–water partition coefficient (Wildman–Crippen LogP) is 13.8. The third-order valence-corrected chi connectivity index (χ3v) is 15.8. The maximum absolute atomic E-state index is 12.6. The fraction of sp³-hybridized carbons (Fsp3) is 0.439. The van der Waals surface area contributed by atoms with E-state index >= 15 is 0 Å². The number of benzene rings is 6. The Bertz CT molecular complexity index is 2420. The molecule has 2 aliphatic heterocycles. The summed E-state index contributed by atoms with van der Waals surface area (Å²) in [4.78, 5) is 17.7. The predicted molar refractivity (Wildman–Crippen MR) is 297 cm³/mol. The van der Waals surface area contributed by atoms with Gasteiger partial charge >= 0.3 is 0 Å². The lowest BCUT2D eigenvalue weighted by Gasteiger charge is -2.42. The van der Waals surface area contributed by atoms with E-state index in [1.165, 1.54) is 11.1 Å². The second-order valence-electron chi connectivity index (χ2n) is 22.8. The first kappa shape index (κ1) is 54.6. The standard InChI is InChI=1S/C33H43NO2.C33H41NO2/c2*1-32(2,3)27-19-17-26(18-20-27)31(35)16-10-11-23-34-24-21-30(22-25-34)33(36,28-12-6-4-7-13-28)29-14-8-5-9-15-29/h4-9,12-15,17-20,30-31,35-36H,10-11,16,21-25H2,1-3H3;4-9,12-15,17-20,30,36H,10-11,16,21-25H2,1-3H3. The van der Waals surface area contributed by atoms with Crippen LogP contribution in [0.1, 0.15) is 161 Å². The summed E-state index contributed by atoms with van der Waals surface area (Å²) in [6.07, 6.45) is 8.92. The Morgan fingerprint density at radius 3 is 1.14 bits per heavy atom. The van der Waals surface area contributed by atoms with E-state index in [0.29, 0.717) is 6.42 Å². The number of carbonyl (C=O) groups is 1. The topological polar surface area (TPSA) is 84.2 Å². The summed E-state index contributed by atoms with van der Waals surface area (Å²) in [6, 6.07) is 57.2. The fourth-order valence-electron chi connectivity index (χ4n) is 11.2. The maximum Gasteiger partial charge on any atom is 0.162 e. The molecule has 0 spiro atoms. The highest BCUT2D eigenvalue weighted by Gasteiger charge is 2.43. The minimum Gasteiger partial charge on any atom is -0.388 e. The monoisotopic (exact) mass is 969 g/mol. The zero-order valence-electron chi connectivity index (χ0n) is 44.4. The number of carbonyl (C=O) groups excluding carboxylic acids is 1. The molecule has 2 heterocycles. The molecule has 2 fully saturated rings. The Labute approximate surface area is 433 Å². The number of aliphatic hydroxyl groups is 3. The van der Waals surface area contributed by atoms with Gasteiger partial charge in [-0.3, -0.25) is 4.79 Å². The van der Waals surface area contributed by atoms with Gasteiger partial charge < -0.3 is 25.1 Å². The van der Waals surface area contributed by atoms with Crippen LogP contribution in [0.15, 0.2) is 170 Å². The van der Waals surface area contributed by atoms with Gasteiger partial charge in [0.15, 0.2) is 5.78 Å². The summed E-state index contributed by atoms with van der Waals surface area (Å²) in [6.45, 7) is 19.2. The molecule has 0 radical (unpaired) electrons. The second-order valence-corrected chi connectivity index (χ2v) is 22.8. The van der Waals surface area contributed by atoms with E-state index in [9.17, 15) is 20.1 Å². The number of hydrogen-bond donors (Lipinski definition) is 3. The Morgan fingerprint density at radius 1 is 0.458 bits per heavy atom. The van der Waals surface area contributed by atoms with Crippen LogP contribution in [0, 0.1) is 11.8 Å². The molecule has 0 aliphatic carbocycles. The van der Waals surface area contributed by atoms with Crippen molar-refractivity contribution < 1.29 is 20.1 Å². The number of unbranched alkanes of at least 4 members (excludes halogenated alkanes) is 2. The average Bonchev–Trinajstić information content (AvgIpc) is 3.41. The molecule has 1 unspecified atom stereocenters. The van der Waals surface area contributed by atoms with Gasteiger partial charge in [0.25, 0.3) is 0 Å². The molecular weight excluding hydrogens is 885 g/mol. The normalized spacial score (nSPS) is 16.2. The molecule has 6 aromatic carbocycles. The van der Waals surface area contributed by atoms with Crippen molar-refractivity contribution in [3.8, 4) is 0 Å².